The second kappa shape index (κ2) is 9.82. The first-order chi connectivity index (χ1) is 17.0. The average Bonchev–Trinajstić information content (AvgIpc) is 3.55. The van der Waals surface area contributed by atoms with Gasteiger partial charge in [0.1, 0.15) is 5.82 Å². The van der Waals surface area contributed by atoms with Crippen molar-refractivity contribution in [3.05, 3.63) is 42.2 Å². The molecular formula is C23H27FN8O3. The number of nitrogens with zero attached hydrogens (tertiary/aromatic N) is 4. The Balaban J connectivity index is 1.35. The zero-order valence-electron chi connectivity index (χ0n) is 19.0. The van der Waals surface area contributed by atoms with Crippen molar-refractivity contribution < 1.29 is 19.1 Å². The van der Waals surface area contributed by atoms with Crippen LogP contribution in [0.2, 0.25) is 0 Å². The lowest BCUT2D eigenvalue weighted by Crippen LogP contribution is -2.39. The summed E-state index contributed by atoms with van der Waals surface area (Å²) in [4.78, 5) is 31.8. The molecule has 5 rings (SSSR count). The number of aromatic nitrogens is 4. The average molecular weight is 483 g/mol. The molecule has 35 heavy (non-hydrogen) atoms. The van der Waals surface area contributed by atoms with Gasteiger partial charge in [-0.2, -0.15) is 0 Å². The molecule has 11 nitrogen and oxygen atoms in total. The molecule has 0 saturated heterocycles. The minimum atomic E-state index is -0.856. The number of hydrogen-bond acceptors (Lipinski definition) is 8. The number of imidazole rings is 1. The molecule has 2 saturated carbocycles. The van der Waals surface area contributed by atoms with Gasteiger partial charge < -0.3 is 26.4 Å². The second-order valence-electron chi connectivity index (χ2n) is 9.02. The number of carbonyl (C=O) groups excluding carboxylic acids is 1. The number of carbonyl (C=O) groups is 2. The first kappa shape index (κ1) is 23.0. The number of hydrogen-bond donors (Lipinski definition) is 5. The van der Waals surface area contributed by atoms with Gasteiger partial charge in [0.2, 0.25) is 0 Å². The van der Waals surface area contributed by atoms with Gasteiger partial charge >= 0.3 is 5.97 Å². The summed E-state index contributed by atoms with van der Waals surface area (Å²) in [5.41, 5.74) is 1.50. The summed E-state index contributed by atoms with van der Waals surface area (Å²) in [5.74, 6) is -1.42. The smallest absolute Gasteiger partial charge is 0.317 e. The molecule has 0 unspecified atom stereocenters. The Hall–Kier alpha value is -3.80. The van der Waals surface area contributed by atoms with Gasteiger partial charge in [-0.3, -0.25) is 14.6 Å². The van der Waals surface area contributed by atoms with Crippen LogP contribution in [0.15, 0.2) is 30.7 Å². The number of amides is 1. The van der Waals surface area contributed by atoms with E-state index in [0.29, 0.717) is 17.5 Å². The summed E-state index contributed by atoms with van der Waals surface area (Å²) >= 11 is 0. The molecule has 0 aliphatic heterocycles. The van der Waals surface area contributed by atoms with Crippen molar-refractivity contribution in [3.63, 3.8) is 0 Å². The summed E-state index contributed by atoms with van der Waals surface area (Å²) in [6.45, 7) is -0.0357. The highest BCUT2D eigenvalue weighted by molar-refractivity contribution is 6.03. The Morgan fingerprint density at radius 1 is 1.03 bits per heavy atom. The van der Waals surface area contributed by atoms with Crippen molar-refractivity contribution in [3.8, 4) is 0 Å². The van der Waals surface area contributed by atoms with E-state index in [1.807, 2.05) is 6.07 Å². The maximum atomic E-state index is 14.0. The van der Waals surface area contributed by atoms with Gasteiger partial charge in [0, 0.05) is 30.4 Å². The molecule has 5 N–H and O–H groups in total. The first-order valence-corrected chi connectivity index (χ1v) is 11.7. The Bertz CT molecular complexity index is 1240. The predicted molar refractivity (Wildman–Crippen MR) is 127 cm³/mol. The summed E-state index contributed by atoms with van der Waals surface area (Å²) in [5, 5.41) is 26.0. The van der Waals surface area contributed by atoms with Gasteiger partial charge in [-0.05, 0) is 44.6 Å². The largest absolute Gasteiger partial charge is 0.480 e. The molecule has 2 aliphatic rings. The van der Waals surface area contributed by atoms with Gasteiger partial charge in [0.25, 0.3) is 5.91 Å². The van der Waals surface area contributed by atoms with E-state index in [1.54, 1.807) is 0 Å². The van der Waals surface area contributed by atoms with E-state index in [9.17, 15) is 14.0 Å². The minimum Gasteiger partial charge on any atom is -0.480 e. The molecule has 3 aromatic rings. The number of aliphatic carboxylic acids is 1. The van der Waals surface area contributed by atoms with Crippen molar-refractivity contribution in [2.75, 3.05) is 22.5 Å². The highest BCUT2D eigenvalue weighted by Gasteiger charge is 2.26. The van der Waals surface area contributed by atoms with E-state index in [2.05, 4.69) is 36.3 Å². The molecule has 3 heterocycles. The lowest BCUT2D eigenvalue weighted by atomic mass is 9.91. The highest BCUT2D eigenvalue weighted by Crippen LogP contribution is 2.30. The summed E-state index contributed by atoms with van der Waals surface area (Å²) in [6, 6.07) is 4.01. The molecule has 0 radical (unpaired) electrons. The van der Waals surface area contributed by atoms with Gasteiger partial charge in [-0.1, -0.05) is 0 Å². The van der Waals surface area contributed by atoms with Gasteiger partial charge in [0.05, 0.1) is 30.3 Å². The van der Waals surface area contributed by atoms with Crippen LogP contribution in [0.3, 0.4) is 0 Å². The summed E-state index contributed by atoms with van der Waals surface area (Å²) < 4.78 is 15.5. The van der Waals surface area contributed by atoms with Crippen molar-refractivity contribution in [2.45, 2.75) is 56.7 Å². The number of anilines is 3. The molecule has 2 aliphatic carbocycles. The molecule has 184 valence electrons. The Morgan fingerprint density at radius 3 is 2.46 bits per heavy atom. The van der Waals surface area contributed by atoms with Crippen LogP contribution in [0.4, 0.5) is 21.6 Å². The van der Waals surface area contributed by atoms with E-state index in [-0.39, 0.29) is 30.0 Å². The van der Waals surface area contributed by atoms with Crippen LogP contribution in [-0.4, -0.2) is 61.2 Å². The Kier molecular flexibility index (Phi) is 6.45. The van der Waals surface area contributed by atoms with Crippen LogP contribution >= 0.6 is 0 Å². The third-order valence-electron chi connectivity index (χ3n) is 6.28. The van der Waals surface area contributed by atoms with Crippen molar-refractivity contribution in [1.82, 2.24) is 24.9 Å². The van der Waals surface area contributed by atoms with E-state index < -0.39 is 17.7 Å². The maximum absolute atomic E-state index is 14.0. The SMILES string of the molecule is O=C(O)CNC1CCC(Nc2cc(NC3CC3)c3ncc(C(=O)Nc4ccncc4F)n3n2)CC1. The molecule has 0 spiro atoms. The van der Waals surface area contributed by atoms with Crippen molar-refractivity contribution >= 4 is 34.7 Å². The second-order valence-corrected chi connectivity index (χ2v) is 9.02. The van der Waals surface area contributed by atoms with Crippen LogP contribution in [-0.2, 0) is 4.79 Å². The fourth-order valence-corrected chi connectivity index (χ4v) is 4.29. The number of halogens is 1. The monoisotopic (exact) mass is 482 g/mol. The molecule has 12 heteroatoms. The normalized spacial score (nSPS) is 19.9. The third-order valence-corrected chi connectivity index (χ3v) is 6.28. The van der Waals surface area contributed by atoms with Crippen LogP contribution in [0.1, 0.15) is 49.0 Å². The standard InChI is InChI=1S/C23H27FN8O3/c24-16-10-25-8-7-17(16)30-23(35)19-11-27-22-18(28-14-5-6-14)9-20(31-32(19)22)29-15-3-1-13(2-4-15)26-12-21(33)34/h7-11,13-15,26,28H,1-6,12H2,(H,29,31)(H,33,34)(H,25,30,35). The van der Waals surface area contributed by atoms with Crippen molar-refractivity contribution in [1.29, 1.82) is 0 Å². The van der Waals surface area contributed by atoms with Crippen LogP contribution in [0.25, 0.3) is 5.65 Å². The number of rotatable bonds is 9. The topological polar surface area (TPSA) is 146 Å². The predicted octanol–water partition coefficient (Wildman–Crippen LogP) is 2.49. The van der Waals surface area contributed by atoms with E-state index >= 15 is 0 Å². The lowest BCUT2D eigenvalue weighted by molar-refractivity contribution is -0.136. The third kappa shape index (κ3) is 5.48. The molecular weight excluding hydrogens is 455 g/mol. The van der Waals surface area contributed by atoms with Crippen molar-refractivity contribution in [2.24, 2.45) is 0 Å². The maximum Gasteiger partial charge on any atom is 0.317 e. The number of carboxylic acid groups (broad SMARTS) is 1. The fraction of sp³-hybridized carbons (Fsp3) is 0.435. The molecule has 0 atom stereocenters. The summed E-state index contributed by atoms with van der Waals surface area (Å²) in [7, 11) is 0. The Labute approximate surface area is 200 Å². The summed E-state index contributed by atoms with van der Waals surface area (Å²) in [6.07, 6.45) is 9.44. The molecule has 0 bridgehead atoms. The van der Waals surface area contributed by atoms with Gasteiger partial charge in [0.15, 0.2) is 17.2 Å². The quantitative estimate of drug-likeness (QED) is 0.310. The zero-order valence-corrected chi connectivity index (χ0v) is 19.0. The number of pyridine rings is 1. The number of fused-ring (bicyclic) bond motifs is 1. The van der Waals surface area contributed by atoms with Crippen LogP contribution in [0, 0.1) is 5.82 Å². The first-order valence-electron chi connectivity index (χ1n) is 11.7. The molecule has 2 fully saturated rings. The molecule has 3 aromatic heterocycles. The van der Waals surface area contributed by atoms with Crippen LogP contribution < -0.4 is 21.3 Å². The number of nitrogens with one attached hydrogen (secondary N) is 4. The van der Waals surface area contributed by atoms with E-state index in [4.69, 9.17) is 5.11 Å². The highest BCUT2D eigenvalue weighted by atomic mass is 19.1. The Morgan fingerprint density at radius 2 is 1.74 bits per heavy atom. The zero-order chi connectivity index (χ0) is 24.4. The van der Waals surface area contributed by atoms with Gasteiger partial charge in [-0.15, -0.1) is 5.10 Å². The van der Waals surface area contributed by atoms with E-state index in [0.717, 1.165) is 50.4 Å². The number of carboxylic acids is 1. The van der Waals surface area contributed by atoms with E-state index in [1.165, 1.54) is 23.0 Å². The van der Waals surface area contributed by atoms with Gasteiger partial charge in [-0.25, -0.2) is 13.9 Å². The lowest BCUT2D eigenvalue weighted by Gasteiger charge is -2.29. The minimum absolute atomic E-state index is 0.0267. The molecule has 0 aromatic carbocycles. The van der Waals surface area contributed by atoms with Crippen LogP contribution in [0.5, 0.6) is 0 Å². The fourth-order valence-electron chi connectivity index (χ4n) is 4.29. The molecule has 1 amide bonds.